The molecule has 5 aliphatic heterocycles. The zero-order chi connectivity index (χ0) is 55.7. The molecule has 0 saturated carbocycles. The van der Waals surface area contributed by atoms with Gasteiger partial charge in [-0.1, -0.05) is 95.9 Å². The Morgan fingerprint density at radius 3 is 1.49 bits per heavy atom. The lowest BCUT2D eigenvalue weighted by molar-refractivity contribution is -0.355. The monoisotopic (exact) mass is 1070 g/mol. The summed E-state index contributed by atoms with van der Waals surface area (Å²) in [5.41, 5.74) is 29.2. The van der Waals surface area contributed by atoms with Gasteiger partial charge in [-0.3, -0.25) is 14.4 Å². The van der Waals surface area contributed by atoms with Gasteiger partial charge in [-0.15, -0.1) is 0 Å². The third-order valence-electron chi connectivity index (χ3n) is 16.1. The Bertz CT molecular complexity index is 2300. The number of azide groups is 3. The molecule has 25 nitrogen and oxygen atoms in total. The number of carbonyl (C=O) groups is 4. The molecular weight excluding hydrogens is 995 g/mol. The number of methoxy groups -OCH3 is 1. The molecule has 0 N–H and O–H groups in total. The molecule has 76 heavy (non-hydrogen) atoms. The molecule has 25 heteroatoms. The van der Waals surface area contributed by atoms with E-state index in [1.54, 1.807) is 44.2 Å². The summed E-state index contributed by atoms with van der Waals surface area (Å²) in [7, 11) is 1.37. The van der Waals surface area contributed by atoms with Crippen molar-refractivity contribution in [2.75, 3.05) is 13.7 Å². The summed E-state index contributed by atoms with van der Waals surface area (Å²) in [6, 6.07) is 5.51. The van der Waals surface area contributed by atoms with Crippen molar-refractivity contribution in [1.29, 1.82) is 0 Å². The van der Waals surface area contributed by atoms with Gasteiger partial charge in [0, 0.05) is 40.6 Å². The molecule has 1 aromatic carbocycles. The topological polar surface area (TPSA) is 325 Å². The van der Waals surface area contributed by atoms with E-state index < -0.39 is 140 Å². The predicted molar refractivity (Wildman–Crippen MR) is 267 cm³/mol. The molecule has 0 bridgehead atoms. The molecule has 6 rings (SSSR count). The van der Waals surface area contributed by atoms with Crippen molar-refractivity contribution in [2.24, 2.45) is 56.8 Å². The van der Waals surface area contributed by atoms with E-state index in [1.807, 2.05) is 41.5 Å². The Morgan fingerprint density at radius 1 is 0.513 bits per heavy atom. The highest BCUT2D eigenvalue weighted by atomic mass is 16.8. The number of nitrogens with zero attached hydrogens (tertiary/aromatic N) is 9. The number of hydrogen-bond acceptors (Lipinski definition) is 19. The Kier molecular flexibility index (Phi) is 21.5. The van der Waals surface area contributed by atoms with E-state index >= 15 is 0 Å². The molecule has 0 radical (unpaired) electrons. The summed E-state index contributed by atoms with van der Waals surface area (Å²) in [5.74, 6) is -5.12. The Hall–Kier alpha value is -4.97. The molecule has 5 heterocycles. The fraction of sp³-hybridized carbons (Fsp3) is 0.804. The van der Waals surface area contributed by atoms with Crippen LogP contribution in [-0.2, 0) is 71.2 Å². The van der Waals surface area contributed by atoms with Crippen LogP contribution >= 0.6 is 0 Å². The van der Waals surface area contributed by atoms with Crippen LogP contribution in [0, 0.1) is 41.4 Å². The van der Waals surface area contributed by atoms with Gasteiger partial charge in [0.25, 0.3) is 0 Å². The van der Waals surface area contributed by atoms with Crippen LogP contribution in [-0.4, -0.2) is 148 Å². The van der Waals surface area contributed by atoms with Crippen molar-refractivity contribution in [2.45, 2.75) is 207 Å². The van der Waals surface area contributed by atoms with Gasteiger partial charge in [0.2, 0.25) is 0 Å². The summed E-state index contributed by atoms with van der Waals surface area (Å²) in [4.78, 5) is 62.5. The number of benzene rings is 1. The average Bonchev–Trinajstić information content (AvgIpc) is 3.39. The smallest absolute Gasteiger partial charge is 0.338 e. The number of ketones is 2. The normalized spacial score (nSPS) is 41.5. The highest BCUT2D eigenvalue weighted by molar-refractivity contribution is 5.89. The lowest BCUT2D eigenvalue weighted by Gasteiger charge is -2.51. The van der Waals surface area contributed by atoms with Gasteiger partial charge < -0.3 is 56.8 Å². The minimum absolute atomic E-state index is 0.0725. The summed E-state index contributed by atoms with van der Waals surface area (Å²) >= 11 is 0. The third kappa shape index (κ3) is 13.3. The number of Topliss-reactive ketones (excluding diaryl/α,β-unsaturated/α-hetero) is 2. The molecule has 1 aromatic rings. The van der Waals surface area contributed by atoms with E-state index in [-0.39, 0.29) is 47.7 Å². The number of rotatable bonds is 20. The molecule has 5 aliphatic rings. The van der Waals surface area contributed by atoms with Gasteiger partial charge in [-0.25, -0.2) is 4.79 Å². The summed E-state index contributed by atoms with van der Waals surface area (Å²) in [6.45, 7) is 20.6. The van der Waals surface area contributed by atoms with Crippen LogP contribution in [0.15, 0.2) is 45.7 Å². The van der Waals surface area contributed by atoms with Crippen molar-refractivity contribution in [3.8, 4) is 0 Å². The van der Waals surface area contributed by atoms with Crippen molar-refractivity contribution in [1.82, 2.24) is 0 Å². The number of hydrogen-bond donors (Lipinski definition) is 0. The van der Waals surface area contributed by atoms with Crippen molar-refractivity contribution in [3.63, 3.8) is 0 Å². The quantitative estimate of drug-likeness (QED) is 0.0515. The highest BCUT2D eigenvalue weighted by Gasteiger charge is 2.56. The maximum atomic E-state index is 13.9. The first-order chi connectivity index (χ1) is 36.2. The van der Waals surface area contributed by atoms with E-state index in [0.717, 1.165) is 0 Å². The summed E-state index contributed by atoms with van der Waals surface area (Å²) < 4.78 is 76.2. The SMILES string of the molecule is CCC1O[C@@H](O[C@H]2C(C(C)=O)O[C@@H](O[C@H]3C(CC)O[C@@H](O[C@H]4C(C(C)=O)O[C@@H](O[C@H]5C(COC(C)=O)O[C@@H](OC)C(N=[N+]=[N-])[C@H]5C)C(OC(=O)c5ccccc5)[C@H]4C)C(N=[N+]=[N-])[C@H]3C)C(C)[C@H]2C)C(N=[N+]=[N-])[C@@H](C)[C@H]1C. The Labute approximate surface area is 442 Å². The van der Waals surface area contributed by atoms with Crippen LogP contribution in [0.5, 0.6) is 0 Å². The van der Waals surface area contributed by atoms with E-state index in [4.69, 9.17) is 56.8 Å². The van der Waals surface area contributed by atoms with E-state index in [2.05, 4.69) is 37.0 Å². The first-order valence-electron chi connectivity index (χ1n) is 26.2. The molecule has 0 aliphatic carbocycles. The lowest BCUT2D eigenvalue weighted by Crippen LogP contribution is -2.64. The summed E-state index contributed by atoms with van der Waals surface area (Å²) in [6.07, 6.45) is -14.3. The second kappa shape index (κ2) is 27.1. The molecule has 5 fully saturated rings. The highest BCUT2D eigenvalue weighted by Crippen LogP contribution is 2.44. The van der Waals surface area contributed by atoms with Crippen LogP contribution < -0.4 is 0 Å². The predicted octanol–water partition coefficient (Wildman–Crippen LogP) is 8.07. The molecule has 420 valence electrons. The minimum atomic E-state index is -1.50. The number of carbonyl (C=O) groups excluding carboxylic acids is 4. The summed E-state index contributed by atoms with van der Waals surface area (Å²) in [5, 5.41) is 12.1. The first-order valence-corrected chi connectivity index (χ1v) is 26.2. The number of ether oxygens (including phenoxy) is 12. The van der Waals surface area contributed by atoms with Gasteiger partial charge in [0.15, 0.2) is 49.1 Å². The van der Waals surface area contributed by atoms with E-state index in [0.29, 0.717) is 12.8 Å². The average molecular weight is 1070 g/mol. The van der Waals surface area contributed by atoms with Crippen LogP contribution in [0.4, 0.5) is 0 Å². The Morgan fingerprint density at radius 2 is 0.974 bits per heavy atom. The maximum absolute atomic E-state index is 13.9. The van der Waals surface area contributed by atoms with Gasteiger partial charge in [-0.05, 0) is 85.0 Å². The fourth-order valence-electron chi connectivity index (χ4n) is 11.2. The van der Waals surface area contributed by atoms with Crippen LogP contribution in [0.2, 0.25) is 0 Å². The molecule has 0 aromatic heterocycles. The zero-order valence-electron chi connectivity index (χ0n) is 45.5. The maximum Gasteiger partial charge on any atom is 0.338 e. The third-order valence-corrected chi connectivity index (χ3v) is 16.1. The van der Waals surface area contributed by atoms with Gasteiger partial charge in [0.05, 0.1) is 54.2 Å². The minimum Gasteiger partial charge on any atom is -0.463 e. The molecule has 10 unspecified atom stereocenters. The molecule has 25 atom stereocenters. The van der Waals surface area contributed by atoms with Crippen molar-refractivity contribution >= 4 is 23.5 Å². The second-order valence-corrected chi connectivity index (χ2v) is 20.8. The molecule has 0 spiro atoms. The van der Waals surface area contributed by atoms with Crippen LogP contribution in [0.25, 0.3) is 31.3 Å². The van der Waals surface area contributed by atoms with Crippen LogP contribution in [0.3, 0.4) is 0 Å². The second-order valence-electron chi connectivity index (χ2n) is 20.8. The van der Waals surface area contributed by atoms with Gasteiger partial charge >= 0.3 is 11.9 Å². The fourth-order valence-corrected chi connectivity index (χ4v) is 11.2. The van der Waals surface area contributed by atoms with E-state index in [1.165, 1.54) is 27.9 Å². The number of esters is 2. The Balaban J connectivity index is 1.27. The van der Waals surface area contributed by atoms with E-state index in [9.17, 15) is 35.8 Å². The molecule has 0 amide bonds. The lowest BCUT2D eigenvalue weighted by atomic mass is 9.80. The van der Waals surface area contributed by atoms with Crippen molar-refractivity contribution < 1.29 is 76.0 Å². The standard InChI is InChI=1S/C51H75N9O16/c1-14-33-22(3)23(4)36(55-58-52)49(67-33)73-41-24(5)25(6)47(75-44(41)29(10)61)71-39-27(8)38(57-60-54)50(68-34(39)15-2)74-42-28(9)43(70-46(64)32-19-17-16-18-20-32)51(76-45(42)30(11)62)72-40-26(7)37(56-59-53)48(65-13)69-35(40)21-66-31(12)63/h16-20,22-28,33-45,47-51H,14-15,21H2,1-13H3/t22-,23+,24-,25?,26-,27-,28+,33?,34?,35?,36?,37?,38?,39-,40-,41-,42-,43?,44?,45?,47-,48-,49+,50+,51-/m1/s1. The zero-order valence-corrected chi connectivity index (χ0v) is 45.5. The first kappa shape index (κ1) is 60.3. The van der Waals surface area contributed by atoms with Gasteiger partial charge in [-0.2, -0.15) is 0 Å². The largest absolute Gasteiger partial charge is 0.463 e. The molecule has 5 saturated heterocycles. The van der Waals surface area contributed by atoms with Crippen molar-refractivity contribution in [3.05, 3.63) is 67.2 Å². The molecular formula is C51H75N9O16. The van der Waals surface area contributed by atoms with Crippen LogP contribution in [0.1, 0.15) is 106 Å². The van der Waals surface area contributed by atoms with Gasteiger partial charge in [0.1, 0.15) is 31.0 Å².